The number of rotatable bonds is 4. The Morgan fingerprint density at radius 3 is 1.40 bits per heavy atom. The van der Waals surface area contributed by atoms with Crippen molar-refractivity contribution in [2.45, 2.75) is 47.0 Å². The van der Waals surface area contributed by atoms with Crippen LogP contribution in [0.3, 0.4) is 0 Å². The lowest BCUT2D eigenvalue weighted by atomic mass is 9.94. The molecule has 6 atom stereocenters. The molecule has 0 aliphatic heterocycles. The summed E-state index contributed by atoms with van der Waals surface area (Å²) in [5.74, 6) is 2.63. The van der Waals surface area contributed by atoms with Crippen LogP contribution in [-0.4, -0.2) is 25.2 Å². The molecule has 2 saturated carbocycles. The number of hydrogen-bond acceptors (Lipinski definition) is 4. The first-order valence-electron chi connectivity index (χ1n) is 9.32. The van der Waals surface area contributed by atoms with Gasteiger partial charge < -0.3 is 9.47 Å². The van der Waals surface area contributed by atoms with Gasteiger partial charge in [-0.15, -0.1) is 0 Å². The van der Waals surface area contributed by atoms with Gasteiger partial charge in [0.25, 0.3) is 0 Å². The van der Waals surface area contributed by atoms with Crippen LogP contribution in [0.5, 0.6) is 0 Å². The van der Waals surface area contributed by atoms with Gasteiger partial charge in [-0.25, -0.2) is 0 Å². The number of esters is 2. The van der Waals surface area contributed by atoms with Gasteiger partial charge in [0.2, 0.25) is 0 Å². The Bertz CT molecular complexity index is 488. The number of carbonyl (C=O) groups is 2. The van der Waals surface area contributed by atoms with Gasteiger partial charge in [-0.05, 0) is 63.2 Å². The van der Waals surface area contributed by atoms with E-state index in [9.17, 15) is 9.59 Å². The third kappa shape index (κ3) is 4.34. The van der Waals surface area contributed by atoms with Crippen LogP contribution in [0, 0.1) is 35.5 Å². The van der Waals surface area contributed by atoms with Crippen molar-refractivity contribution in [3.8, 4) is 0 Å². The Morgan fingerprint density at radius 2 is 1.16 bits per heavy atom. The largest absolute Gasteiger partial charge is 0.466 e. The van der Waals surface area contributed by atoms with Crippen LogP contribution in [0.1, 0.15) is 47.0 Å². The van der Waals surface area contributed by atoms with Crippen LogP contribution in [0.2, 0.25) is 0 Å². The van der Waals surface area contributed by atoms with Crippen molar-refractivity contribution < 1.29 is 19.1 Å². The van der Waals surface area contributed by atoms with Crippen LogP contribution in [-0.2, 0) is 19.1 Å². The van der Waals surface area contributed by atoms with E-state index in [1.807, 2.05) is 13.8 Å². The molecular formula is C21H32O4. The molecule has 0 aromatic heterocycles. The van der Waals surface area contributed by atoms with E-state index in [0.29, 0.717) is 36.9 Å². The molecule has 4 bridgehead atoms. The van der Waals surface area contributed by atoms with Gasteiger partial charge in [0, 0.05) is 0 Å². The van der Waals surface area contributed by atoms with Gasteiger partial charge in [0.1, 0.15) is 0 Å². The normalized spacial score (nSPS) is 35.8. The highest BCUT2D eigenvalue weighted by Gasteiger charge is 2.41. The molecule has 4 heteroatoms. The molecule has 0 saturated heterocycles. The number of allylic oxidation sites excluding steroid dienone is 4. The second-order valence-corrected chi connectivity index (χ2v) is 7.28. The highest BCUT2D eigenvalue weighted by atomic mass is 16.5. The SMILES string of the molecule is C.CCOC(=O)[C@@H]1CC2C=CC1C2.CCOC(=O)[C@H]1CC2C=CC1C2. The standard InChI is InChI=1S/2C10H14O2.CH4/c2*1-2-12-10(11)9-6-7-3-4-8(9)5-7;/h2*3-4,7-9H,2,5-6H2,1H3;1H4/t2*7?,8?,9-;/m10./s1. The molecule has 0 spiro atoms. The van der Waals surface area contributed by atoms with E-state index in [-0.39, 0.29) is 31.2 Å². The summed E-state index contributed by atoms with van der Waals surface area (Å²) < 4.78 is 10.0. The molecule has 0 heterocycles. The molecular weight excluding hydrogens is 316 g/mol. The minimum atomic E-state index is 0. The zero-order valence-electron chi connectivity index (χ0n) is 14.6. The van der Waals surface area contributed by atoms with E-state index in [0.717, 1.165) is 12.8 Å². The van der Waals surface area contributed by atoms with Crippen LogP contribution >= 0.6 is 0 Å². The zero-order valence-corrected chi connectivity index (χ0v) is 14.6. The van der Waals surface area contributed by atoms with Crippen molar-refractivity contribution in [1.29, 1.82) is 0 Å². The minimum Gasteiger partial charge on any atom is -0.466 e. The fourth-order valence-corrected chi connectivity index (χ4v) is 4.60. The molecule has 4 aliphatic carbocycles. The van der Waals surface area contributed by atoms with E-state index in [1.165, 1.54) is 12.8 Å². The number of hydrogen-bond donors (Lipinski definition) is 0. The maximum Gasteiger partial charge on any atom is 0.309 e. The summed E-state index contributed by atoms with van der Waals surface area (Å²) in [5.41, 5.74) is 0. The molecule has 25 heavy (non-hydrogen) atoms. The van der Waals surface area contributed by atoms with E-state index < -0.39 is 0 Å². The highest BCUT2D eigenvalue weighted by Crippen LogP contribution is 2.44. The monoisotopic (exact) mass is 348 g/mol. The summed E-state index contributed by atoms with van der Waals surface area (Å²) in [4.78, 5) is 22.8. The second kappa shape index (κ2) is 8.68. The number of ether oxygens (including phenoxy) is 2. The topological polar surface area (TPSA) is 52.6 Å². The maximum atomic E-state index is 11.4. The molecule has 0 aromatic carbocycles. The van der Waals surface area contributed by atoms with Crippen LogP contribution in [0.15, 0.2) is 24.3 Å². The van der Waals surface area contributed by atoms with Crippen molar-refractivity contribution in [1.82, 2.24) is 0 Å². The van der Waals surface area contributed by atoms with Crippen molar-refractivity contribution in [3.05, 3.63) is 24.3 Å². The average Bonchev–Trinajstić information content (AvgIpc) is 3.36. The van der Waals surface area contributed by atoms with Crippen molar-refractivity contribution in [3.63, 3.8) is 0 Å². The van der Waals surface area contributed by atoms with E-state index in [4.69, 9.17) is 9.47 Å². The Morgan fingerprint density at radius 1 is 0.760 bits per heavy atom. The summed E-state index contributed by atoms with van der Waals surface area (Å²) in [6.45, 7) is 4.74. The number of fused-ring (bicyclic) bond motifs is 4. The first kappa shape index (κ1) is 19.7. The van der Waals surface area contributed by atoms with Crippen molar-refractivity contribution >= 4 is 11.9 Å². The summed E-state index contributed by atoms with van der Waals surface area (Å²) >= 11 is 0. The van der Waals surface area contributed by atoms with Crippen LogP contribution in [0.25, 0.3) is 0 Å². The Hall–Kier alpha value is -1.58. The smallest absolute Gasteiger partial charge is 0.309 e. The van der Waals surface area contributed by atoms with E-state index in [1.54, 1.807) is 0 Å². The predicted octanol–water partition coefficient (Wildman–Crippen LogP) is 4.16. The molecule has 4 unspecified atom stereocenters. The molecule has 2 fully saturated rings. The quantitative estimate of drug-likeness (QED) is 0.565. The molecule has 4 nitrogen and oxygen atoms in total. The first-order chi connectivity index (χ1) is 11.6. The Labute approximate surface area is 151 Å². The fourth-order valence-electron chi connectivity index (χ4n) is 4.60. The lowest BCUT2D eigenvalue weighted by molar-refractivity contribution is -0.149. The molecule has 0 aromatic rings. The van der Waals surface area contributed by atoms with Crippen molar-refractivity contribution in [2.75, 3.05) is 13.2 Å². The lowest BCUT2D eigenvalue weighted by Gasteiger charge is -2.15. The van der Waals surface area contributed by atoms with Gasteiger partial charge in [0.15, 0.2) is 0 Å². The van der Waals surface area contributed by atoms with Gasteiger partial charge in [-0.2, -0.15) is 0 Å². The van der Waals surface area contributed by atoms with Gasteiger partial charge >= 0.3 is 11.9 Å². The van der Waals surface area contributed by atoms with E-state index >= 15 is 0 Å². The Kier molecular flexibility index (Phi) is 6.86. The van der Waals surface area contributed by atoms with Gasteiger partial charge in [-0.1, -0.05) is 31.7 Å². The zero-order chi connectivity index (χ0) is 17.1. The second-order valence-electron chi connectivity index (χ2n) is 7.28. The van der Waals surface area contributed by atoms with E-state index in [2.05, 4.69) is 24.3 Å². The third-order valence-corrected chi connectivity index (χ3v) is 5.74. The molecule has 4 aliphatic rings. The maximum absolute atomic E-state index is 11.4. The molecule has 140 valence electrons. The number of carbonyl (C=O) groups excluding carboxylic acids is 2. The summed E-state index contributed by atoms with van der Waals surface area (Å²) in [7, 11) is 0. The molecule has 0 amide bonds. The van der Waals surface area contributed by atoms with Crippen LogP contribution in [0.4, 0.5) is 0 Å². The molecule has 0 N–H and O–H groups in total. The van der Waals surface area contributed by atoms with Crippen LogP contribution < -0.4 is 0 Å². The fraction of sp³-hybridized carbons (Fsp3) is 0.714. The summed E-state index contributed by atoms with van der Waals surface area (Å²) in [6.07, 6.45) is 13.2. The minimum absolute atomic E-state index is 0. The van der Waals surface area contributed by atoms with Gasteiger partial charge in [0.05, 0.1) is 25.0 Å². The lowest BCUT2D eigenvalue weighted by Crippen LogP contribution is -2.21. The highest BCUT2D eigenvalue weighted by molar-refractivity contribution is 5.74. The third-order valence-electron chi connectivity index (χ3n) is 5.74. The average molecular weight is 348 g/mol. The van der Waals surface area contributed by atoms with Gasteiger partial charge in [-0.3, -0.25) is 9.59 Å². The first-order valence-corrected chi connectivity index (χ1v) is 9.32. The molecule has 4 rings (SSSR count). The summed E-state index contributed by atoms with van der Waals surface area (Å²) in [6, 6.07) is 0. The predicted molar refractivity (Wildman–Crippen MR) is 97.7 cm³/mol. The Balaban J connectivity index is 0.000000173. The summed E-state index contributed by atoms with van der Waals surface area (Å²) in [5, 5.41) is 0. The molecule has 0 radical (unpaired) electrons. The van der Waals surface area contributed by atoms with Crippen molar-refractivity contribution in [2.24, 2.45) is 35.5 Å².